The number of hydrogen-bond acceptors (Lipinski definition) is 3. The van der Waals surface area contributed by atoms with Crippen LogP contribution in [0.3, 0.4) is 0 Å². The molecule has 116 valence electrons. The minimum absolute atomic E-state index is 0.0761. The summed E-state index contributed by atoms with van der Waals surface area (Å²) in [6, 6.07) is 7.74. The van der Waals surface area contributed by atoms with Crippen LogP contribution in [0.1, 0.15) is 39.0 Å². The van der Waals surface area contributed by atoms with Gasteiger partial charge in [-0.1, -0.05) is 25.3 Å². The highest BCUT2D eigenvalue weighted by Gasteiger charge is 2.24. The van der Waals surface area contributed by atoms with Crippen molar-refractivity contribution < 1.29 is 14.3 Å². The SMILES string of the molecule is CCN(C(=O)COc1cccc(OC)c1)C1CCCCC1. The average Bonchev–Trinajstić information content (AvgIpc) is 2.55. The molecular weight excluding hydrogens is 266 g/mol. The van der Waals surface area contributed by atoms with Gasteiger partial charge >= 0.3 is 0 Å². The van der Waals surface area contributed by atoms with E-state index in [2.05, 4.69) is 0 Å². The molecule has 4 nitrogen and oxygen atoms in total. The molecule has 1 amide bonds. The van der Waals surface area contributed by atoms with Crippen LogP contribution >= 0.6 is 0 Å². The molecule has 21 heavy (non-hydrogen) atoms. The monoisotopic (exact) mass is 291 g/mol. The molecular formula is C17H25NO3. The summed E-state index contributed by atoms with van der Waals surface area (Å²) >= 11 is 0. The molecule has 0 radical (unpaired) electrons. The van der Waals surface area contributed by atoms with E-state index in [1.54, 1.807) is 13.2 Å². The first-order valence-corrected chi connectivity index (χ1v) is 7.81. The average molecular weight is 291 g/mol. The number of carbonyl (C=O) groups is 1. The lowest BCUT2D eigenvalue weighted by molar-refractivity contribution is -0.136. The Balaban J connectivity index is 1.89. The number of ether oxygens (including phenoxy) is 2. The molecule has 1 aliphatic carbocycles. The van der Waals surface area contributed by atoms with Crippen LogP contribution in [-0.2, 0) is 4.79 Å². The Morgan fingerprint density at radius 3 is 2.62 bits per heavy atom. The van der Waals surface area contributed by atoms with Crippen molar-refractivity contribution in [2.24, 2.45) is 0 Å². The van der Waals surface area contributed by atoms with Gasteiger partial charge in [-0.25, -0.2) is 0 Å². The topological polar surface area (TPSA) is 38.8 Å². The maximum Gasteiger partial charge on any atom is 0.260 e. The van der Waals surface area contributed by atoms with Crippen LogP contribution in [-0.4, -0.2) is 37.1 Å². The van der Waals surface area contributed by atoms with E-state index in [-0.39, 0.29) is 12.5 Å². The van der Waals surface area contributed by atoms with Crippen LogP contribution in [0.2, 0.25) is 0 Å². The van der Waals surface area contributed by atoms with E-state index in [0.29, 0.717) is 11.8 Å². The van der Waals surface area contributed by atoms with Crippen molar-refractivity contribution in [1.82, 2.24) is 4.90 Å². The van der Waals surface area contributed by atoms with Gasteiger partial charge in [0.15, 0.2) is 6.61 Å². The summed E-state index contributed by atoms with van der Waals surface area (Å²) in [4.78, 5) is 14.3. The lowest BCUT2D eigenvalue weighted by atomic mass is 9.94. The molecule has 0 heterocycles. The number of benzene rings is 1. The fourth-order valence-corrected chi connectivity index (χ4v) is 2.95. The molecule has 1 aromatic rings. The first-order chi connectivity index (χ1) is 10.2. The molecule has 1 saturated carbocycles. The fourth-order valence-electron chi connectivity index (χ4n) is 2.95. The summed E-state index contributed by atoms with van der Waals surface area (Å²) in [5.74, 6) is 1.48. The molecule has 0 aromatic heterocycles. The Labute approximate surface area is 127 Å². The summed E-state index contributed by atoms with van der Waals surface area (Å²) in [7, 11) is 1.62. The summed E-state index contributed by atoms with van der Waals surface area (Å²) in [5.41, 5.74) is 0. The van der Waals surface area contributed by atoms with E-state index < -0.39 is 0 Å². The number of nitrogens with zero attached hydrogens (tertiary/aromatic N) is 1. The molecule has 0 saturated heterocycles. The molecule has 2 rings (SSSR count). The zero-order valence-corrected chi connectivity index (χ0v) is 13.0. The molecule has 0 aliphatic heterocycles. The predicted octanol–water partition coefficient (Wildman–Crippen LogP) is 3.26. The second-order valence-electron chi connectivity index (χ2n) is 5.44. The lowest BCUT2D eigenvalue weighted by Crippen LogP contribution is -2.43. The van der Waals surface area contributed by atoms with Gasteiger partial charge in [0.1, 0.15) is 11.5 Å². The maximum atomic E-state index is 12.4. The lowest BCUT2D eigenvalue weighted by Gasteiger charge is -2.33. The highest BCUT2D eigenvalue weighted by molar-refractivity contribution is 5.78. The number of carbonyl (C=O) groups excluding carboxylic acids is 1. The molecule has 4 heteroatoms. The van der Waals surface area contributed by atoms with E-state index in [4.69, 9.17) is 9.47 Å². The molecule has 0 atom stereocenters. The van der Waals surface area contributed by atoms with Crippen molar-refractivity contribution >= 4 is 5.91 Å². The standard InChI is InChI=1S/C17H25NO3/c1-3-18(14-8-5-4-6-9-14)17(19)13-21-16-11-7-10-15(12-16)20-2/h7,10-12,14H,3-6,8-9,13H2,1-2H3. The first kappa shape index (κ1) is 15.7. The Bertz CT molecular complexity index is 455. The Kier molecular flexibility index (Phi) is 5.90. The van der Waals surface area contributed by atoms with Gasteiger partial charge in [-0.05, 0) is 31.9 Å². The summed E-state index contributed by atoms with van der Waals surface area (Å²) in [6.45, 7) is 2.89. The second kappa shape index (κ2) is 7.91. The quantitative estimate of drug-likeness (QED) is 0.807. The van der Waals surface area contributed by atoms with Crippen LogP contribution < -0.4 is 9.47 Å². The van der Waals surface area contributed by atoms with Crippen LogP contribution in [0.25, 0.3) is 0 Å². The molecule has 1 fully saturated rings. The number of amides is 1. The van der Waals surface area contributed by atoms with Crippen LogP contribution in [0.4, 0.5) is 0 Å². The number of likely N-dealkylation sites (N-methyl/N-ethyl adjacent to an activating group) is 1. The molecule has 0 bridgehead atoms. The Morgan fingerprint density at radius 1 is 1.24 bits per heavy atom. The normalized spacial score (nSPS) is 15.5. The number of hydrogen-bond donors (Lipinski definition) is 0. The fraction of sp³-hybridized carbons (Fsp3) is 0.588. The first-order valence-electron chi connectivity index (χ1n) is 7.81. The minimum Gasteiger partial charge on any atom is -0.497 e. The van der Waals surface area contributed by atoms with Crippen LogP contribution in [0.5, 0.6) is 11.5 Å². The summed E-state index contributed by atoms with van der Waals surface area (Å²) in [6.07, 6.45) is 6.00. The maximum absolute atomic E-state index is 12.4. The summed E-state index contributed by atoms with van der Waals surface area (Å²) < 4.78 is 10.8. The Morgan fingerprint density at radius 2 is 1.95 bits per heavy atom. The highest BCUT2D eigenvalue weighted by Crippen LogP contribution is 2.23. The van der Waals surface area contributed by atoms with Gasteiger partial charge in [0.2, 0.25) is 0 Å². The van der Waals surface area contributed by atoms with E-state index >= 15 is 0 Å². The van der Waals surface area contributed by atoms with Crippen molar-refractivity contribution in [2.45, 2.75) is 45.1 Å². The van der Waals surface area contributed by atoms with Gasteiger partial charge in [0.05, 0.1) is 7.11 Å². The third-order valence-corrected chi connectivity index (χ3v) is 4.08. The minimum atomic E-state index is 0.0761. The van der Waals surface area contributed by atoms with Gasteiger partial charge in [-0.2, -0.15) is 0 Å². The van der Waals surface area contributed by atoms with Crippen molar-refractivity contribution in [3.8, 4) is 11.5 Å². The Hall–Kier alpha value is -1.71. The molecule has 0 unspecified atom stereocenters. The van der Waals surface area contributed by atoms with Crippen molar-refractivity contribution in [3.05, 3.63) is 24.3 Å². The molecule has 1 aromatic carbocycles. The second-order valence-corrected chi connectivity index (χ2v) is 5.44. The van der Waals surface area contributed by atoms with Crippen LogP contribution in [0, 0.1) is 0 Å². The zero-order valence-electron chi connectivity index (χ0n) is 13.0. The van der Waals surface area contributed by atoms with E-state index in [9.17, 15) is 4.79 Å². The van der Waals surface area contributed by atoms with Crippen molar-refractivity contribution in [2.75, 3.05) is 20.3 Å². The predicted molar refractivity (Wildman–Crippen MR) is 82.7 cm³/mol. The smallest absolute Gasteiger partial charge is 0.260 e. The van der Waals surface area contributed by atoms with Gasteiger partial charge in [0.25, 0.3) is 5.91 Å². The van der Waals surface area contributed by atoms with Gasteiger partial charge < -0.3 is 14.4 Å². The highest BCUT2D eigenvalue weighted by atomic mass is 16.5. The van der Waals surface area contributed by atoms with E-state index in [1.807, 2.05) is 30.0 Å². The number of methoxy groups -OCH3 is 1. The molecule has 1 aliphatic rings. The van der Waals surface area contributed by atoms with Crippen molar-refractivity contribution in [1.29, 1.82) is 0 Å². The van der Waals surface area contributed by atoms with Crippen molar-refractivity contribution in [3.63, 3.8) is 0 Å². The third kappa shape index (κ3) is 4.38. The van der Waals surface area contributed by atoms with Crippen LogP contribution in [0.15, 0.2) is 24.3 Å². The van der Waals surface area contributed by atoms with Gasteiger partial charge in [0, 0.05) is 18.7 Å². The van der Waals surface area contributed by atoms with Gasteiger partial charge in [-0.15, -0.1) is 0 Å². The van der Waals surface area contributed by atoms with Gasteiger partial charge in [-0.3, -0.25) is 4.79 Å². The van der Waals surface area contributed by atoms with E-state index in [1.165, 1.54) is 19.3 Å². The largest absolute Gasteiger partial charge is 0.497 e. The molecule has 0 spiro atoms. The summed E-state index contributed by atoms with van der Waals surface area (Å²) in [5, 5.41) is 0. The molecule has 0 N–H and O–H groups in total. The zero-order chi connectivity index (χ0) is 15.1. The number of rotatable bonds is 6. The third-order valence-electron chi connectivity index (χ3n) is 4.08. The van der Waals surface area contributed by atoms with E-state index in [0.717, 1.165) is 25.1 Å².